The average molecular weight is 260 g/mol. The van der Waals surface area contributed by atoms with Crippen LogP contribution in [0, 0.1) is 0 Å². The number of para-hydroxylation sites is 2. The molecule has 2 aliphatic rings. The molecule has 0 saturated carbocycles. The van der Waals surface area contributed by atoms with Crippen LogP contribution in [-0.2, 0) is 0 Å². The molecule has 0 spiro atoms. The van der Waals surface area contributed by atoms with Gasteiger partial charge >= 0.3 is 0 Å². The first kappa shape index (κ1) is 12.8. The van der Waals surface area contributed by atoms with E-state index < -0.39 is 0 Å². The van der Waals surface area contributed by atoms with Crippen molar-refractivity contribution in [2.45, 2.75) is 32.2 Å². The summed E-state index contributed by atoms with van der Waals surface area (Å²) in [6, 6.07) is 9.21. The Labute approximate surface area is 116 Å². The van der Waals surface area contributed by atoms with Crippen molar-refractivity contribution in [3.63, 3.8) is 0 Å². The third kappa shape index (κ3) is 2.71. The summed E-state index contributed by atoms with van der Waals surface area (Å²) >= 11 is 0. The summed E-state index contributed by atoms with van der Waals surface area (Å²) in [5, 5.41) is 0. The number of hydrogen-bond donors (Lipinski definition) is 0. The maximum absolute atomic E-state index is 5.77. The first-order valence-corrected chi connectivity index (χ1v) is 7.59. The van der Waals surface area contributed by atoms with E-state index in [2.05, 4.69) is 41.0 Å². The molecule has 3 rings (SSSR count). The maximum atomic E-state index is 5.77. The van der Waals surface area contributed by atoms with E-state index in [4.69, 9.17) is 4.74 Å². The topological polar surface area (TPSA) is 15.7 Å². The van der Waals surface area contributed by atoms with Crippen molar-refractivity contribution in [1.82, 2.24) is 4.90 Å². The number of ether oxygens (including phenoxy) is 1. The SMILES string of the molecule is CCOc1ccccc1N1CCN2CCCCC2C1. The van der Waals surface area contributed by atoms with Crippen molar-refractivity contribution >= 4 is 5.69 Å². The Morgan fingerprint density at radius 3 is 2.95 bits per heavy atom. The van der Waals surface area contributed by atoms with Gasteiger partial charge in [0.05, 0.1) is 12.3 Å². The quantitative estimate of drug-likeness (QED) is 0.831. The molecule has 0 aromatic heterocycles. The van der Waals surface area contributed by atoms with E-state index in [-0.39, 0.29) is 0 Å². The minimum atomic E-state index is 0.737. The van der Waals surface area contributed by atoms with Crippen molar-refractivity contribution in [1.29, 1.82) is 0 Å². The molecule has 3 heteroatoms. The van der Waals surface area contributed by atoms with Crippen molar-refractivity contribution < 1.29 is 4.74 Å². The van der Waals surface area contributed by atoms with Gasteiger partial charge in [-0.2, -0.15) is 0 Å². The summed E-state index contributed by atoms with van der Waals surface area (Å²) < 4.78 is 5.77. The number of piperidine rings is 1. The highest BCUT2D eigenvalue weighted by molar-refractivity contribution is 5.58. The van der Waals surface area contributed by atoms with Crippen LogP contribution in [0.25, 0.3) is 0 Å². The number of benzene rings is 1. The maximum Gasteiger partial charge on any atom is 0.142 e. The summed E-state index contributed by atoms with van der Waals surface area (Å²) in [6.07, 6.45) is 4.13. The largest absolute Gasteiger partial charge is 0.492 e. The first-order valence-electron chi connectivity index (χ1n) is 7.59. The van der Waals surface area contributed by atoms with Gasteiger partial charge in [0.1, 0.15) is 5.75 Å². The molecular formula is C16H24N2O. The molecule has 2 aliphatic heterocycles. The van der Waals surface area contributed by atoms with Gasteiger partial charge in [-0.05, 0) is 38.4 Å². The zero-order chi connectivity index (χ0) is 13.1. The number of piperazine rings is 1. The number of rotatable bonds is 3. The van der Waals surface area contributed by atoms with Crippen molar-refractivity contribution in [2.24, 2.45) is 0 Å². The fourth-order valence-electron chi connectivity index (χ4n) is 3.37. The molecule has 1 aromatic rings. The highest BCUT2D eigenvalue weighted by Crippen LogP contribution is 2.31. The normalized spacial score (nSPS) is 24.1. The number of hydrogen-bond acceptors (Lipinski definition) is 3. The van der Waals surface area contributed by atoms with Gasteiger partial charge in [0, 0.05) is 25.7 Å². The lowest BCUT2D eigenvalue weighted by atomic mass is 9.99. The van der Waals surface area contributed by atoms with Crippen LogP contribution in [0.15, 0.2) is 24.3 Å². The van der Waals surface area contributed by atoms with Crippen molar-refractivity contribution in [2.75, 3.05) is 37.7 Å². The molecule has 104 valence electrons. The van der Waals surface area contributed by atoms with Crippen LogP contribution in [0.5, 0.6) is 5.75 Å². The number of anilines is 1. The molecule has 0 aliphatic carbocycles. The molecule has 19 heavy (non-hydrogen) atoms. The number of nitrogens with zero attached hydrogens (tertiary/aromatic N) is 2. The van der Waals surface area contributed by atoms with E-state index in [1.165, 1.54) is 38.0 Å². The molecule has 3 nitrogen and oxygen atoms in total. The van der Waals surface area contributed by atoms with Gasteiger partial charge in [-0.25, -0.2) is 0 Å². The van der Waals surface area contributed by atoms with Crippen molar-refractivity contribution in [3.8, 4) is 5.75 Å². The minimum absolute atomic E-state index is 0.737. The van der Waals surface area contributed by atoms with Gasteiger partial charge in [0.2, 0.25) is 0 Å². The fourth-order valence-corrected chi connectivity index (χ4v) is 3.37. The standard InChI is InChI=1S/C16H24N2O/c1-2-19-16-9-4-3-8-15(16)18-12-11-17-10-6-5-7-14(17)13-18/h3-4,8-9,14H,2,5-7,10-13H2,1H3. The predicted molar refractivity (Wildman–Crippen MR) is 79.0 cm³/mol. The molecule has 1 atom stereocenters. The highest BCUT2D eigenvalue weighted by Gasteiger charge is 2.29. The van der Waals surface area contributed by atoms with E-state index >= 15 is 0 Å². The third-order valence-corrected chi connectivity index (χ3v) is 4.34. The van der Waals surface area contributed by atoms with Crippen LogP contribution in [0.2, 0.25) is 0 Å². The zero-order valence-corrected chi connectivity index (χ0v) is 11.8. The Morgan fingerprint density at radius 2 is 2.05 bits per heavy atom. The Morgan fingerprint density at radius 1 is 1.16 bits per heavy atom. The summed E-state index contributed by atoms with van der Waals surface area (Å²) in [4.78, 5) is 5.18. The molecule has 1 aromatic carbocycles. The Balaban J connectivity index is 1.75. The highest BCUT2D eigenvalue weighted by atomic mass is 16.5. The average Bonchev–Trinajstić information content (AvgIpc) is 2.48. The molecule has 2 fully saturated rings. The van der Waals surface area contributed by atoms with E-state index in [1.54, 1.807) is 0 Å². The van der Waals surface area contributed by atoms with Crippen LogP contribution in [0.4, 0.5) is 5.69 Å². The smallest absolute Gasteiger partial charge is 0.142 e. The molecule has 0 N–H and O–H groups in total. The molecular weight excluding hydrogens is 236 g/mol. The second-order valence-electron chi connectivity index (χ2n) is 5.53. The van der Waals surface area contributed by atoms with Crippen LogP contribution >= 0.6 is 0 Å². The first-order chi connectivity index (χ1) is 9.38. The summed E-state index contributed by atoms with van der Waals surface area (Å²) in [5.41, 5.74) is 1.27. The second kappa shape index (κ2) is 5.83. The zero-order valence-electron chi connectivity index (χ0n) is 11.8. The van der Waals surface area contributed by atoms with Crippen LogP contribution in [-0.4, -0.2) is 43.7 Å². The predicted octanol–water partition coefficient (Wildman–Crippen LogP) is 2.76. The van der Waals surface area contributed by atoms with Crippen LogP contribution < -0.4 is 9.64 Å². The van der Waals surface area contributed by atoms with E-state index in [1.807, 2.05) is 0 Å². The molecule has 0 bridgehead atoms. The molecule has 0 radical (unpaired) electrons. The van der Waals surface area contributed by atoms with E-state index in [0.29, 0.717) is 0 Å². The molecule has 0 amide bonds. The Bertz CT molecular complexity index is 421. The van der Waals surface area contributed by atoms with Gasteiger partial charge in [-0.1, -0.05) is 18.6 Å². The Hall–Kier alpha value is -1.22. The molecule has 2 heterocycles. The lowest BCUT2D eigenvalue weighted by molar-refractivity contribution is 0.133. The molecule has 1 unspecified atom stereocenters. The van der Waals surface area contributed by atoms with Gasteiger partial charge in [-0.3, -0.25) is 4.90 Å². The van der Waals surface area contributed by atoms with Gasteiger partial charge in [-0.15, -0.1) is 0 Å². The van der Waals surface area contributed by atoms with Gasteiger partial charge in [0.25, 0.3) is 0 Å². The Kier molecular flexibility index (Phi) is 3.92. The van der Waals surface area contributed by atoms with Crippen molar-refractivity contribution in [3.05, 3.63) is 24.3 Å². The number of fused-ring (bicyclic) bond motifs is 1. The van der Waals surface area contributed by atoms with E-state index in [0.717, 1.165) is 31.5 Å². The summed E-state index contributed by atoms with van der Waals surface area (Å²) in [7, 11) is 0. The second-order valence-corrected chi connectivity index (χ2v) is 5.53. The minimum Gasteiger partial charge on any atom is -0.492 e. The summed E-state index contributed by atoms with van der Waals surface area (Å²) in [6.45, 7) is 7.57. The van der Waals surface area contributed by atoms with Gasteiger partial charge in [0.15, 0.2) is 0 Å². The van der Waals surface area contributed by atoms with E-state index in [9.17, 15) is 0 Å². The molecule has 2 saturated heterocycles. The monoisotopic (exact) mass is 260 g/mol. The summed E-state index contributed by atoms with van der Waals surface area (Å²) in [5.74, 6) is 1.04. The fraction of sp³-hybridized carbons (Fsp3) is 0.625. The van der Waals surface area contributed by atoms with Crippen LogP contribution in [0.3, 0.4) is 0 Å². The third-order valence-electron chi connectivity index (χ3n) is 4.34. The van der Waals surface area contributed by atoms with Gasteiger partial charge < -0.3 is 9.64 Å². The lowest BCUT2D eigenvalue weighted by Crippen LogP contribution is -2.54. The van der Waals surface area contributed by atoms with Crippen LogP contribution in [0.1, 0.15) is 26.2 Å². The lowest BCUT2D eigenvalue weighted by Gasteiger charge is -2.45.